The molecule has 1 aromatic rings. The predicted molar refractivity (Wildman–Crippen MR) is 62.7 cm³/mol. The van der Waals surface area contributed by atoms with Gasteiger partial charge < -0.3 is 5.11 Å². The molecule has 0 spiro atoms. The average molecular weight is 203 g/mol. The van der Waals surface area contributed by atoms with Crippen LogP contribution in [-0.2, 0) is 6.42 Å². The highest BCUT2D eigenvalue weighted by Gasteiger charge is 2.08. The van der Waals surface area contributed by atoms with Gasteiger partial charge >= 0.3 is 0 Å². The van der Waals surface area contributed by atoms with Gasteiger partial charge in [-0.05, 0) is 38.1 Å². The van der Waals surface area contributed by atoms with Crippen molar-refractivity contribution in [1.29, 1.82) is 0 Å². The van der Waals surface area contributed by atoms with Crippen molar-refractivity contribution in [3.8, 4) is 18.1 Å². The highest BCUT2D eigenvalue weighted by Crippen LogP contribution is 2.13. The fourth-order valence-corrected chi connectivity index (χ4v) is 1.48. The highest BCUT2D eigenvalue weighted by molar-refractivity contribution is 5.27. The monoisotopic (exact) mass is 203 g/mol. The van der Waals surface area contributed by atoms with Crippen LogP contribution < -0.4 is 0 Å². The lowest BCUT2D eigenvalue weighted by atomic mass is 10.1. The van der Waals surface area contributed by atoms with Gasteiger partial charge in [-0.2, -0.15) is 0 Å². The van der Waals surface area contributed by atoms with Crippen molar-refractivity contribution in [1.82, 2.24) is 4.90 Å². The Morgan fingerprint density at radius 1 is 1.53 bits per heavy atom. The van der Waals surface area contributed by atoms with E-state index in [1.165, 1.54) is 0 Å². The first kappa shape index (κ1) is 11.6. The van der Waals surface area contributed by atoms with E-state index in [-0.39, 0.29) is 0 Å². The van der Waals surface area contributed by atoms with Crippen molar-refractivity contribution in [3.05, 3.63) is 29.8 Å². The number of rotatable bonds is 4. The van der Waals surface area contributed by atoms with Gasteiger partial charge in [-0.3, -0.25) is 4.90 Å². The van der Waals surface area contributed by atoms with Crippen LogP contribution in [-0.4, -0.2) is 29.6 Å². The van der Waals surface area contributed by atoms with Gasteiger partial charge in [-0.1, -0.05) is 18.1 Å². The molecule has 1 atom stereocenters. The van der Waals surface area contributed by atoms with Crippen LogP contribution in [0.3, 0.4) is 0 Å². The Labute approximate surface area is 91.5 Å². The Bertz CT molecular complexity index is 354. The van der Waals surface area contributed by atoms with E-state index < -0.39 is 0 Å². The van der Waals surface area contributed by atoms with E-state index in [0.29, 0.717) is 18.3 Å². The lowest BCUT2D eigenvalue weighted by Gasteiger charge is -2.22. The number of terminal acetylenes is 1. The molecule has 0 aliphatic carbocycles. The molecule has 0 fully saturated rings. The van der Waals surface area contributed by atoms with Gasteiger partial charge in [0.2, 0.25) is 0 Å². The molecule has 0 radical (unpaired) electrons. The Kier molecular flexibility index (Phi) is 4.20. The minimum atomic E-state index is 0.319. The van der Waals surface area contributed by atoms with Crippen LogP contribution in [0.4, 0.5) is 0 Å². The van der Waals surface area contributed by atoms with Gasteiger partial charge in [0.25, 0.3) is 0 Å². The maximum Gasteiger partial charge on any atom is 0.115 e. The summed E-state index contributed by atoms with van der Waals surface area (Å²) in [4.78, 5) is 2.12. The lowest BCUT2D eigenvalue weighted by Crippen LogP contribution is -2.31. The van der Waals surface area contributed by atoms with Crippen LogP contribution in [0.1, 0.15) is 12.5 Å². The molecular formula is C13H17NO. The van der Waals surface area contributed by atoms with Crippen LogP contribution >= 0.6 is 0 Å². The van der Waals surface area contributed by atoms with E-state index in [1.807, 2.05) is 19.2 Å². The highest BCUT2D eigenvalue weighted by atomic mass is 16.3. The van der Waals surface area contributed by atoms with Gasteiger partial charge in [0.05, 0.1) is 6.54 Å². The molecule has 2 heteroatoms. The topological polar surface area (TPSA) is 23.5 Å². The van der Waals surface area contributed by atoms with E-state index in [2.05, 4.69) is 17.7 Å². The number of nitrogens with zero attached hydrogens (tertiary/aromatic N) is 1. The molecule has 0 aliphatic heterocycles. The summed E-state index contributed by atoms with van der Waals surface area (Å²) in [6, 6.07) is 7.72. The third kappa shape index (κ3) is 3.65. The summed E-state index contributed by atoms with van der Waals surface area (Å²) in [5, 5.41) is 9.32. The number of hydrogen-bond acceptors (Lipinski definition) is 2. The minimum Gasteiger partial charge on any atom is -0.508 e. The molecule has 0 amide bonds. The largest absolute Gasteiger partial charge is 0.508 e. The summed E-state index contributed by atoms with van der Waals surface area (Å²) in [7, 11) is 2.01. The molecule has 0 bridgehead atoms. The van der Waals surface area contributed by atoms with E-state index in [1.54, 1.807) is 12.1 Å². The molecule has 1 rings (SSSR count). The van der Waals surface area contributed by atoms with Crippen LogP contribution in [0.15, 0.2) is 24.3 Å². The summed E-state index contributed by atoms with van der Waals surface area (Å²) < 4.78 is 0. The Balaban J connectivity index is 2.58. The fraction of sp³-hybridized carbons (Fsp3) is 0.385. The molecule has 0 heterocycles. The normalized spacial score (nSPS) is 12.4. The summed E-state index contributed by atoms with van der Waals surface area (Å²) >= 11 is 0. The molecule has 0 saturated carbocycles. The quantitative estimate of drug-likeness (QED) is 0.755. The molecule has 15 heavy (non-hydrogen) atoms. The maximum absolute atomic E-state index is 9.32. The van der Waals surface area contributed by atoms with Gasteiger partial charge in [0, 0.05) is 6.04 Å². The van der Waals surface area contributed by atoms with E-state index in [9.17, 15) is 5.11 Å². The SMILES string of the molecule is C#CCN(C)[C@H](C)Cc1cccc(O)c1. The molecule has 2 nitrogen and oxygen atoms in total. The minimum absolute atomic E-state index is 0.319. The fourth-order valence-electron chi connectivity index (χ4n) is 1.48. The van der Waals surface area contributed by atoms with Gasteiger partial charge in [-0.15, -0.1) is 6.42 Å². The molecule has 1 N–H and O–H groups in total. The molecule has 0 aliphatic rings. The van der Waals surface area contributed by atoms with Crippen molar-refractivity contribution in [2.45, 2.75) is 19.4 Å². The number of hydrogen-bond donors (Lipinski definition) is 1. The first-order chi connectivity index (χ1) is 7.13. The summed E-state index contributed by atoms with van der Waals surface area (Å²) in [5.74, 6) is 2.94. The zero-order valence-electron chi connectivity index (χ0n) is 9.27. The smallest absolute Gasteiger partial charge is 0.115 e. The molecule has 1 aromatic carbocycles. The van der Waals surface area contributed by atoms with Crippen LogP contribution in [0.25, 0.3) is 0 Å². The average Bonchev–Trinajstić information content (AvgIpc) is 2.18. The summed E-state index contributed by atoms with van der Waals surface area (Å²) in [5.41, 5.74) is 1.13. The number of likely N-dealkylation sites (N-methyl/N-ethyl adjacent to an activating group) is 1. The van der Waals surface area contributed by atoms with Crippen LogP contribution in [0, 0.1) is 12.3 Å². The number of aromatic hydroxyl groups is 1. The Hall–Kier alpha value is -1.46. The molecule has 0 unspecified atom stereocenters. The second-order valence-electron chi connectivity index (χ2n) is 3.84. The van der Waals surface area contributed by atoms with Gasteiger partial charge in [0.1, 0.15) is 5.75 Å². The maximum atomic E-state index is 9.32. The van der Waals surface area contributed by atoms with Crippen LogP contribution in [0.2, 0.25) is 0 Å². The van der Waals surface area contributed by atoms with Gasteiger partial charge in [-0.25, -0.2) is 0 Å². The standard InChI is InChI=1S/C13H17NO/c1-4-8-14(3)11(2)9-12-6-5-7-13(15)10-12/h1,5-7,10-11,15H,8-9H2,2-3H3/t11-/m1/s1. The first-order valence-corrected chi connectivity index (χ1v) is 5.05. The first-order valence-electron chi connectivity index (χ1n) is 5.05. The molecule has 80 valence electrons. The second kappa shape index (κ2) is 5.43. The molecular weight excluding hydrogens is 186 g/mol. The van der Waals surface area contributed by atoms with Crippen molar-refractivity contribution in [2.24, 2.45) is 0 Å². The number of benzene rings is 1. The number of phenolic OH excluding ortho intramolecular Hbond substituents is 1. The van der Waals surface area contributed by atoms with Crippen molar-refractivity contribution in [2.75, 3.05) is 13.6 Å². The zero-order chi connectivity index (χ0) is 11.3. The lowest BCUT2D eigenvalue weighted by molar-refractivity contribution is 0.287. The van der Waals surface area contributed by atoms with Crippen molar-refractivity contribution >= 4 is 0 Å². The third-order valence-electron chi connectivity index (χ3n) is 2.53. The summed E-state index contributed by atoms with van der Waals surface area (Å²) in [6.45, 7) is 2.78. The predicted octanol–water partition coefficient (Wildman–Crippen LogP) is 1.89. The molecule has 0 saturated heterocycles. The van der Waals surface area contributed by atoms with E-state index >= 15 is 0 Å². The summed E-state index contributed by atoms with van der Waals surface area (Å²) in [6.07, 6.45) is 6.15. The van der Waals surface area contributed by atoms with Crippen molar-refractivity contribution in [3.63, 3.8) is 0 Å². The zero-order valence-corrected chi connectivity index (χ0v) is 9.27. The Morgan fingerprint density at radius 3 is 2.87 bits per heavy atom. The second-order valence-corrected chi connectivity index (χ2v) is 3.84. The molecule has 0 aromatic heterocycles. The van der Waals surface area contributed by atoms with Crippen molar-refractivity contribution < 1.29 is 5.11 Å². The Morgan fingerprint density at radius 2 is 2.27 bits per heavy atom. The van der Waals surface area contributed by atoms with Gasteiger partial charge in [0.15, 0.2) is 0 Å². The number of phenols is 1. The van der Waals surface area contributed by atoms with Crippen LogP contribution in [0.5, 0.6) is 5.75 Å². The third-order valence-corrected chi connectivity index (χ3v) is 2.53. The van der Waals surface area contributed by atoms with E-state index in [0.717, 1.165) is 12.0 Å². The van der Waals surface area contributed by atoms with E-state index in [4.69, 9.17) is 6.42 Å².